The third-order valence-corrected chi connectivity index (χ3v) is 3.77. The first-order valence-corrected chi connectivity index (χ1v) is 7.94. The monoisotopic (exact) mass is 324 g/mol. The van der Waals surface area contributed by atoms with Gasteiger partial charge in [-0.15, -0.1) is 0 Å². The first kappa shape index (κ1) is 16.0. The number of carbonyl (C=O) groups is 2. The van der Waals surface area contributed by atoms with Gasteiger partial charge in [-0.2, -0.15) is 0 Å². The number of likely N-dealkylation sites (N-methyl/N-ethyl adjacent to an activating group) is 1. The lowest BCUT2D eigenvalue weighted by Crippen LogP contribution is -2.39. The molecule has 24 heavy (non-hydrogen) atoms. The fourth-order valence-corrected chi connectivity index (χ4v) is 2.34. The van der Waals surface area contributed by atoms with Gasteiger partial charge in [-0.3, -0.25) is 14.6 Å². The lowest BCUT2D eigenvalue weighted by molar-refractivity contribution is -0.121. The third kappa shape index (κ3) is 4.10. The maximum Gasteiger partial charge on any atom is 0.257 e. The summed E-state index contributed by atoms with van der Waals surface area (Å²) in [4.78, 5) is 30.0. The number of anilines is 2. The SMILES string of the molecule is CN(CC(=O)NC1CC1)C(=O)c1cnccc1Nc1ccccc1. The second kappa shape index (κ2) is 7.12. The van der Waals surface area contributed by atoms with Crippen LogP contribution in [0.25, 0.3) is 0 Å². The molecule has 1 heterocycles. The molecule has 1 saturated carbocycles. The summed E-state index contributed by atoms with van der Waals surface area (Å²) < 4.78 is 0. The Kier molecular flexibility index (Phi) is 4.74. The van der Waals surface area contributed by atoms with Gasteiger partial charge in [-0.05, 0) is 31.0 Å². The molecule has 2 N–H and O–H groups in total. The van der Waals surface area contributed by atoms with Gasteiger partial charge in [0.1, 0.15) is 0 Å². The van der Waals surface area contributed by atoms with Gasteiger partial charge in [0.15, 0.2) is 0 Å². The molecule has 6 nitrogen and oxygen atoms in total. The molecule has 6 heteroatoms. The number of nitrogens with zero attached hydrogens (tertiary/aromatic N) is 2. The normalized spacial score (nSPS) is 13.2. The van der Waals surface area contributed by atoms with Crippen LogP contribution in [0.4, 0.5) is 11.4 Å². The molecule has 2 aromatic rings. The summed E-state index contributed by atoms with van der Waals surface area (Å²) in [6.07, 6.45) is 5.19. The second-order valence-corrected chi connectivity index (χ2v) is 5.92. The van der Waals surface area contributed by atoms with Crippen molar-refractivity contribution < 1.29 is 9.59 Å². The lowest BCUT2D eigenvalue weighted by atomic mass is 10.2. The standard InChI is InChI=1S/C18H20N4O2/c1-22(12-17(23)21-14-7-8-14)18(24)15-11-19-10-9-16(15)20-13-5-3-2-4-6-13/h2-6,9-11,14H,7-8,12H2,1H3,(H,19,20)(H,21,23). The Bertz CT molecular complexity index is 729. The first-order valence-electron chi connectivity index (χ1n) is 7.94. The zero-order chi connectivity index (χ0) is 16.9. The predicted molar refractivity (Wildman–Crippen MR) is 92.1 cm³/mol. The number of para-hydroxylation sites is 1. The highest BCUT2D eigenvalue weighted by Crippen LogP contribution is 2.21. The van der Waals surface area contributed by atoms with Gasteiger partial charge < -0.3 is 15.5 Å². The molecule has 1 aromatic carbocycles. The molecule has 0 spiro atoms. The maximum atomic E-state index is 12.7. The highest BCUT2D eigenvalue weighted by Gasteiger charge is 2.25. The minimum atomic E-state index is -0.243. The van der Waals surface area contributed by atoms with Gasteiger partial charge in [0, 0.05) is 31.2 Å². The molecular weight excluding hydrogens is 304 g/mol. The molecule has 3 rings (SSSR count). The van der Waals surface area contributed by atoms with Crippen molar-refractivity contribution in [2.24, 2.45) is 0 Å². The molecule has 0 saturated heterocycles. The van der Waals surface area contributed by atoms with Crippen LogP contribution < -0.4 is 10.6 Å². The number of rotatable bonds is 6. The van der Waals surface area contributed by atoms with Crippen LogP contribution >= 0.6 is 0 Å². The van der Waals surface area contributed by atoms with E-state index in [9.17, 15) is 9.59 Å². The summed E-state index contributed by atoms with van der Waals surface area (Å²) in [6.45, 7) is 0.0367. The number of amides is 2. The van der Waals surface area contributed by atoms with Crippen LogP contribution in [0.15, 0.2) is 48.8 Å². The van der Waals surface area contributed by atoms with E-state index in [1.54, 1.807) is 19.3 Å². The van der Waals surface area contributed by atoms with Crippen molar-refractivity contribution in [1.82, 2.24) is 15.2 Å². The van der Waals surface area contributed by atoms with Gasteiger partial charge in [0.2, 0.25) is 5.91 Å². The quantitative estimate of drug-likeness (QED) is 0.854. The van der Waals surface area contributed by atoms with Crippen molar-refractivity contribution in [3.8, 4) is 0 Å². The number of aromatic nitrogens is 1. The topological polar surface area (TPSA) is 74.3 Å². The van der Waals surface area contributed by atoms with E-state index in [2.05, 4.69) is 15.6 Å². The molecule has 0 aliphatic heterocycles. The zero-order valence-corrected chi connectivity index (χ0v) is 13.5. The van der Waals surface area contributed by atoms with Crippen molar-refractivity contribution in [1.29, 1.82) is 0 Å². The number of benzene rings is 1. The average molecular weight is 324 g/mol. The molecule has 0 bridgehead atoms. The second-order valence-electron chi connectivity index (χ2n) is 5.92. The summed E-state index contributed by atoms with van der Waals surface area (Å²) >= 11 is 0. The number of pyridine rings is 1. The lowest BCUT2D eigenvalue weighted by Gasteiger charge is -2.19. The van der Waals surface area contributed by atoms with Crippen LogP contribution in [0.3, 0.4) is 0 Å². The molecule has 1 fully saturated rings. The smallest absolute Gasteiger partial charge is 0.257 e. The van der Waals surface area contributed by atoms with Crippen molar-refractivity contribution in [2.45, 2.75) is 18.9 Å². The summed E-state index contributed by atoms with van der Waals surface area (Å²) in [7, 11) is 1.62. The van der Waals surface area contributed by atoms with Crippen LogP contribution in [0.2, 0.25) is 0 Å². The van der Waals surface area contributed by atoms with E-state index in [4.69, 9.17) is 0 Å². The molecule has 2 amide bonds. The Balaban J connectivity index is 1.70. The summed E-state index contributed by atoms with van der Waals surface area (Å²) in [5, 5.41) is 6.10. The van der Waals surface area contributed by atoms with Gasteiger partial charge in [0.25, 0.3) is 5.91 Å². The number of carbonyl (C=O) groups excluding carboxylic acids is 2. The van der Waals surface area contributed by atoms with E-state index in [0.29, 0.717) is 11.3 Å². The minimum Gasteiger partial charge on any atom is -0.355 e. The van der Waals surface area contributed by atoms with Crippen molar-refractivity contribution in [3.63, 3.8) is 0 Å². The van der Waals surface area contributed by atoms with Crippen LogP contribution in [0.1, 0.15) is 23.2 Å². The van der Waals surface area contributed by atoms with Gasteiger partial charge in [-0.25, -0.2) is 0 Å². The fourth-order valence-electron chi connectivity index (χ4n) is 2.34. The molecule has 0 atom stereocenters. The van der Waals surface area contributed by atoms with Crippen LogP contribution in [0, 0.1) is 0 Å². The Morgan fingerprint density at radius 1 is 1.21 bits per heavy atom. The fraction of sp³-hybridized carbons (Fsp3) is 0.278. The maximum absolute atomic E-state index is 12.7. The molecule has 1 aliphatic rings. The Hall–Kier alpha value is -2.89. The Morgan fingerprint density at radius 2 is 1.96 bits per heavy atom. The Labute approximate surface area is 140 Å². The highest BCUT2D eigenvalue weighted by atomic mass is 16.2. The van der Waals surface area contributed by atoms with Crippen molar-refractivity contribution in [2.75, 3.05) is 18.9 Å². The number of hydrogen-bond acceptors (Lipinski definition) is 4. The molecule has 1 aliphatic carbocycles. The van der Waals surface area contributed by atoms with E-state index >= 15 is 0 Å². The third-order valence-electron chi connectivity index (χ3n) is 3.77. The van der Waals surface area contributed by atoms with Crippen molar-refractivity contribution in [3.05, 3.63) is 54.4 Å². The van der Waals surface area contributed by atoms with E-state index in [1.807, 2.05) is 30.3 Å². The molecule has 124 valence electrons. The molecule has 0 radical (unpaired) electrons. The zero-order valence-electron chi connectivity index (χ0n) is 13.5. The molecular formula is C18H20N4O2. The van der Waals surface area contributed by atoms with Gasteiger partial charge >= 0.3 is 0 Å². The van der Waals surface area contributed by atoms with Gasteiger partial charge in [0.05, 0.1) is 17.8 Å². The van der Waals surface area contributed by atoms with Crippen LogP contribution in [0.5, 0.6) is 0 Å². The summed E-state index contributed by atoms with van der Waals surface area (Å²) in [5.41, 5.74) is 1.98. The Morgan fingerprint density at radius 3 is 2.67 bits per heavy atom. The van der Waals surface area contributed by atoms with Crippen molar-refractivity contribution >= 4 is 23.2 Å². The summed E-state index contributed by atoms with van der Waals surface area (Å²) in [5.74, 6) is -0.373. The van der Waals surface area contributed by atoms with Crippen LogP contribution in [-0.4, -0.2) is 41.3 Å². The predicted octanol–water partition coefficient (Wildman–Crippen LogP) is 2.18. The molecule has 0 unspecified atom stereocenters. The van der Waals surface area contributed by atoms with E-state index in [-0.39, 0.29) is 24.4 Å². The van der Waals surface area contributed by atoms with E-state index < -0.39 is 0 Å². The summed E-state index contributed by atoms with van der Waals surface area (Å²) in [6, 6.07) is 11.6. The number of hydrogen-bond donors (Lipinski definition) is 2. The minimum absolute atomic E-state index is 0.0367. The van der Waals surface area contributed by atoms with Crippen LogP contribution in [-0.2, 0) is 4.79 Å². The van der Waals surface area contributed by atoms with E-state index in [1.165, 1.54) is 11.1 Å². The molecule has 1 aromatic heterocycles. The average Bonchev–Trinajstić information content (AvgIpc) is 3.39. The number of nitrogens with one attached hydrogen (secondary N) is 2. The first-order chi connectivity index (χ1) is 11.6. The highest BCUT2D eigenvalue weighted by molar-refractivity contribution is 6.01. The van der Waals surface area contributed by atoms with E-state index in [0.717, 1.165) is 18.5 Å². The van der Waals surface area contributed by atoms with Gasteiger partial charge in [-0.1, -0.05) is 18.2 Å². The largest absolute Gasteiger partial charge is 0.355 e.